The number of carboxylic acids is 1. The first-order valence-corrected chi connectivity index (χ1v) is 12.3. The SMILES string of the molecule is CCc1cc(C)ncc1-c1cc(C2=CCCN(C(=O)CCn3cccn3)C2)c(F)c2[nH]c(C(=O)O)cc12. The number of hydrogen-bond acceptors (Lipinski definition) is 4. The molecule has 1 aliphatic heterocycles. The highest BCUT2D eigenvalue weighted by molar-refractivity contribution is 6.03. The van der Waals surface area contributed by atoms with Crippen LogP contribution in [0.25, 0.3) is 27.6 Å². The van der Waals surface area contributed by atoms with Crippen LogP contribution in [-0.4, -0.2) is 54.7 Å². The maximum absolute atomic E-state index is 15.9. The molecule has 8 nitrogen and oxygen atoms in total. The number of aromatic nitrogens is 4. The molecule has 9 heteroatoms. The van der Waals surface area contributed by atoms with Crippen molar-refractivity contribution in [3.05, 3.63) is 77.3 Å². The Bertz CT molecular complexity index is 1520. The predicted molar refractivity (Wildman–Crippen MR) is 139 cm³/mol. The Balaban J connectivity index is 1.55. The summed E-state index contributed by atoms with van der Waals surface area (Å²) in [5.74, 6) is -1.71. The van der Waals surface area contributed by atoms with E-state index in [2.05, 4.69) is 15.1 Å². The summed E-state index contributed by atoms with van der Waals surface area (Å²) in [7, 11) is 0. The Morgan fingerprint density at radius 2 is 2.03 bits per heavy atom. The molecular formula is C28H28FN5O3. The molecule has 1 amide bonds. The summed E-state index contributed by atoms with van der Waals surface area (Å²) in [6.45, 7) is 5.27. The number of pyridine rings is 1. The normalized spacial score (nSPS) is 13.7. The lowest BCUT2D eigenvalue weighted by atomic mass is 9.91. The van der Waals surface area contributed by atoms with Gasteiger partial charge in [-0.2, -0.15) is 5.10 Å². The number of H-pyrrole nitrogens is 1. The van der Waals surface area contributed by atoms with Gasteiger partial charge in [0.1, 0.15) is 5.69 Å². The van der Waals surface area contributed by atoms with E-state index in [-0.39, 0.29) is 23.7 Å². The van der Waals surface area contributed by atoms with Crippen molar-refractivity contribution in [1.82, 2.24) is 24.6 Å². The molecule has 0 radical (unpaired) electrons. The average Bonchev–Trinajstić information content (AvgIpc) is 3.59. The molecule has 4 heterocycles. The van der Waals surface area contributed by atoms with E-state index in [0.29, 0.717) is 48.0 Å². The zero-order chi connectivity index (χ0) is 26.1. The van der Waals surface area contributed by atoms with E-state index in [1.54, 1.807) is 28.0 Å². The molecule has 37 heavy (non-hydrogen) atoms. The van der Waals surface area contributed by atoms with Crippen molar-refractivity contribution >= 4 is 28.4 Å². The number of aromatic amines is 1. The van der Waals surface area contributed by atoms with Crippen LogP contribution in [0.4, 0.5) is 4.39 Å². The number of aromatic carboxylic acids is 1. The standard InChI is InChI=1S/C28H28FN5O3/c1-3-18-12-17(2)30-15-23(18)21-13-20(26(29)27-22(21)14-24(32-27)28(36)37)19-6-4-9-33(16-19)25(35)7-11-34-10-5-8-31-34/h5-6,8,10,12-15,32H,3-4,7,9,11,16H2,1-2H3,(H,36,37). The number of carbonyl (C=O) groups excluding carboxylic acids is 1. The molecule has 2 N–H and O–H groups in total. The van der Waals surface area contributed by atoms with E-state index in [1.165, 1.54) is 6.07 Å². The van der Waals surface area contributed by atoms with Crippen LogP contribution in [-0.2, 0) is 17.8 Å². The zero-order valence-electron chi connectivity index (χ0n) is 20.8. The van der Waals surface area contributed by atoms with E-state index in [0.717, 1.165) is 23.2 Å². The van der Waals surface area contributed by atoms with Gasteiger partial charge in [-0.1, -0.05) is 13.0 Å². The number of halogens is 1. The van der Waals surface area contributed by atoms with Crippen LogP contribution in [0, 0.1) is 12.7 Å². The molecule has 0 bridgehead atoms. The minimum atomic E-state index is -1.16. The second kappa shape index (κ2) is 10.0. The summed E-state index contributed by atoms with van der Waals surface area (Å²) in [4.78, 5) is 33.6. The second-order valence-corrected chi connectivity index (χ2v) is 9.25. The predicted octanol–water partition coefficient (Wildman–Crippen LogP) is 4.84. The van der Waals surface area contributed by atoms with Crippen molar-refractivity contribution in [3.8, 4) is 11.1 Å². The third kappa shape index (κ3) is 4.76. The molecule has 4 aromatic rings. The molecule has 0 atom stereocenters. The van der Waals surface area contributed by atoms with Crippen LogP contribution in [0.1, 0.15) is 47.1 Å². The van der Waals surface area contributed by atoms with Crippen molar-refractivity contribution in [1.29, 1.82) is 0 Å². The second-order valence-electron chi connectivity index (χ2n) is 9.25. The van der Waals surface area contributed by atoms with E-state index < -0.39 is 11.8 Å². The molecular weight excluding hydrogens is 473 g/mol. The average molecular weight is 502 g/mol. The number of amides is 1. The molecule has 5 rings (SSSR count). The number of aryl methyl sites for hydroxylation is 3. The van der Waals surface area contributed by atoms with Gasteiger partial charge in [-0.15, -0.1) is 0 Å². The van der Waals surface area contributed by atoms with Gasteiger partial charge in [0.15, 0.2) is 5.82 Å². The molecule has 0 saturated carbocycles. The van der Waals surface area contributed by atoms with Crippen molar-refractivity contribution < 1.29 is 19.1 Å². The number of rotatable bonds is 7. The number of fused-ring (bicyclic) bond motifs is 1. The van der Waals surface area contributed by atoms with Gasteiger partial charge in [-0.25, -0.2) is 9.18 Å². The summed E-state index contributed by atoms with van der Waals surface area (Å²) in [5.41, 5.74) is 4.56. The highest BCUT2D eigenvalue weighted by atomic mass is 19.1. The maximum Gasteiger partial charge on any atom is 0.352 e. The Kier molecular flexibility index (Phi) is 6.60. The van der Waals surface area contributed by atoms with Crippen molar-refractivity contribution in [2.24, 2.45) is 0 Å². The topological polar surface area (TPSA) is 104 Å². The van der Waals surface area contributed by atoms with Crippen LogP contribution in [0.3, 0.4) is 0 Å². The quantitative estimate of drug-likeness (QED) is 0.377. The van der Waals surface area contributed by atoms with Crippen molar-refractivity contribution in [3.63, 3.8) is 0 Å². The van der Waals surface area contributed by atoms with Crippen LogP contribution in [0.15, 0.2) is 48.9 Å². The number of hydrogen-bond donors (Lipinski definition) is 2. The number of nitrogens with one attached hydrogen (secondary N) is 1. The summed E-state index contributed by atoms with van der Waals surface area (Å²) in [6, 6.07) is 7.05. The Morgan fingerprint density at radius 1 is 1.19 bits per heavy atom. The Labute approximate surface area is 213 Å². The third-order valence-corrected chi connectivity index (χ3v) is 6.84. The minimum Gasteiger partial charge on any atom is -0.477 e. The van der Waals surface area contributed by atoms with Crippen LogP contribution >= 0.6 is 0 Å². The van der Waals surface area contributed by atoms with Gasteiger partial charge in [-0.05, 0) is 60.7 Å². The number of carboxylic acid groups (broad SMARTS) is 1. The van der Waals surface area contributed by atoms with Crippen LogP contribution < -0.4 is 0 Å². The highest BCUT2D eigenvalue weighted by Gasteiger charge is 2.25. The van der Waals surface area contributed by atoms with Crippen molar-refractivity contribution in [2.45, 2.75) is 39.7 Å². The smallest absolute Gasteiger partial charge is 0.352 e. The number of nitrogens with zero attached hydrogens (tertiary/aromatic N) is 4. The fourth-order valence-electron chi connectivity index (χ4n) is 4.94. The Morgan fingerprint density at radius 3 is 2.76 bits per heavy atom. The highest BCUT2D eigenvalue weighted by Crippen LogP contribution is 2.38. The summed E-state index contributed by atoms with van der Waals surface area (Å²) >= 11 is 0. The monoisotopic (exact) mass is 501 g/mol. The lowest BCUT2D eigenvalue weighted by Crippen LogP contribution is -2.36. The minimum absolute atomic E-state index is 0.0214. The molecule has 0 unspecified atom stereocenters. The molecule has 0 spiro atoms. The zero-order valence-corrected chi connectivity index (χ0v) is 20.8. The first kappa shape index (κ1) is 24.4. The van der Waals surface area contributed by atoms with Gasteiger partial charge in [0.2, 0.25) is 5.91 Å². The van der Waals surface area contributed by atoms with E-state index in [9.17, 15) is 14.7 Å². The fraction of sp³-hybridized carbons (Fsp3) is 0.286. The fourth-order valence-corrected chi connectivity index (χ4v) is 4.94. The first-order chi connectivity index (χ1) is 17.9. The van der Waals surface area contributed by atoms with Gasteiger partial charge in [0.25, 0.3) is 0 Å². The van der Waals surface area contributed by atoms with Crippen LogP contribution in [0.2, 0.25) is 0 Å². The first-order valence-electron chi connectivity index (χ1n) is 12.3. The molecule has 1 aliphatic rings. The maximum atomic E-state index is 15.9. The van der Waals surface area contributed by atoms with Crippen LogP contribution in [0.5, 0.6) is 0 Å². The van der Waals surface area contributed by atoms with Gasteiger partial charge in [0.05, 0.1) is 5.52 Å². The molecule has 0 saturated heterocycles. The molecule has 0 aliphatic carbocycles. The van der Waals surface area contributed by atoms with Gasteiger partial charge < -0.3 is 15.0 Å². The van der Waals surface area contributed by atoms with Gasteiger partial charge in [-0.3, -0.25) is 14.5 Å². The molecule has 0 fully saturated rings. The molecule has 1 aromatic carbocycles. The summed E-state index contributed by atoms with van der Waals surface area (Å²) in [6.07, 6.45) is 8.85. The molecule has 3 aromatic heterocycles. The van der Waals surface area contributed by atoms with E-state index >= 15 is 4.39 Å². The van der Waals surface area contributed by atoms with Gasteiger partial charge >= 0.3 is 5.97 Å². The summed E-state index contributed by atoms with van der Waals surface area (Å²) in [5, 5.41) is 14.2. The lowest BCUT2D eigenvalue weighted by molar-refractivity contribution is -0.131. The Hall–Kier alpha value is -4.27. The number of carbonyl (C=O) groups is 2. The lowest BCUT2D eigenvalue weighted by Gasteiger charge is -2.28. The third-order valence-electron chi connectivity index (χ3n) is 6.84. The largest absolute Gasteiger partial charge is 0.477 e. The summed E-state index contributed by atoms with van der Waals surface area (Å²) < 4.78 is 17.7. The van der Waals surface area contributed by atoms with Crippen molar-refractivity contribution in [2.75, 3.05) is 13.1 Å². The van der Waals surface area contributed by atoms with E-state index in [1.807, 2.05) is 38.3 Å². The molecule has 190 valence electrons. The van der Waals surface area contributed by atoms with Gasteiger partial charge in [0, 0.05) is 66.9 Å². The van der Waals surface area contributed by atoms with E-state index in [4.69, 9.17) is 0 Å². The number of benzene rings is 1.